The lowest BCUT2D eigenvalue weighted by molar-refractivity contribution is -0.384. The van der Waals surface area contributed by atoms with Crippen LogP contribution in [-0.2, 0) is 6.42 Å². The van der Waals surface area contributed by atoms with Crippen LogP contribution in [-0.4, -0.2) is 26.1 Å². The van der Waals surface area contributed by atoms with E-state index in [-0.39, 0.29) is 11.5 Å². The molecule has 1 aliphatic rings. The maximum Gasteiger partial charge on any atom is 0.269 e. The van der Waals surface area contributed by atoms with Crippen molar-refractivity contribution in [2.45, 2.75) is 18.6 Å². The number of imidazole rings is 1. The number of nitrogens with zero attached hydrogens (tertiary/aromatic N) is 3. The largest absolute Gasteiger partial charge is 0.349 e. The summed E-state index contributed by atoms with van der Waals surface area (Å²) in [6.45, 7) is 0. The van der Waals surface area contributed by atoms with Gasteiger partial charge in [-0.3, -0.25) is 24.6 Å². The predicted molar refractivity (Wildman–Crippen MR) is 116 cm³/mol. The van der Waals surface area contributed by atoms with Crippen molar-refractivity contribution >= 4 is 22.9 Å². The molecular formula is C23H19N5O3. The summed E-state index contributed by atoms with van der Waals surface area (Å²) < 4.78 is 1.79. The minimum atomic E-state index is -0.503. The second kappa shape index (κ2) is 7.66. The van der Waals surface area contributed by atoms with Crippen LogP contribution >= 0.6 is 0 Å². The zero-order chi connectivity index (χ0) is 21.4. The number of pyridine rings is 1. The summed E-state index contributed by atoms with van der Waals surface area (Å²) in [6.07, 6.45) is 1.89. The maximum atomic E-state index is 13.6. The van der Waals surface area contributed by atoms with Gasteiger partial charge in [-0.15, -0.1) is 0 Å². The Bertz CT molecular complexity index is 1270. The first-order valence-corrected chi connectivity index (χ1v) is 9.92. The number of aromatic nitrogens is 2. The van der Waals surface area contributed by atoms with E-state index in [9.17, 15) is 14.9 Å². The lowest BCUT2D eigenvalue weighted by Gasteiger charge is -2.23. The van der Waals surface area contributed by atoms with Crippen molar-refractivity contribution in [3.63, 3.8) is 0 Å². The van der Waals surface area contributed by atoms with Gasteiger partial charge in [-0.25, -0.2) is 4.98 Å². The predicted octanol–water partition coefficient (Wildman–Crippen LogP) is 3.75. The van der Waals surface area contributed by atoms with Gasteiger partial charge < -0.3 is 5.32 Å². The molecule has 0 aliphatic carbocycles. The number of anilines is 1. The van der Waals surface area contributed by atoms with Crippen molar-refractivity contribution in [3.05, 3.63) is 106 Å². The zero-order valence-corrected chi connectivity index (χ0v) is 16.4. The molecule has 8 nitrogen and oxygen atoms in total. The molecule has 0 saturated heterocycles. The molecule has 0 unspecified atom stereocenters. The minimum Gasteiger partial charge on any atom is -0.349 e. The van der Waals surface area contributed by atoms with Gasteiger partial charge in [0.1, 0.15) is 17.5 Å². The van der Waals surface area contributed by atoms with Gasteiger partial charge in [0.15, 0.2) is 5.82 Å². The fraction of sp³-hybridized carbons (Fsp3) is 0.130. The van der Waals surface area contributed by atoms with E-state index >= 15 is 0 Å². The third kappa shape index (κ3) is 3.53. The number of benzene rings is 2. The quantitative estimate of drug-likeness (QED) is 0.390. The Morgan fingerprint density at radius 2 is 1.74 bits per heavy atom. The molecule has 2 atom stereocenters. The number of carbonyl (C=O) groups excluding carboxylic acids is 1. The molecule has 5 rings (SSSR count). The Morgan fingerprint density at radius 3 is 2.48 bits per heavy atom. The number of hydrogen-bond donors (Lipinski definition) is 2. The second-order valence-electron chi connectivity index (χ2n) is 7.44. The van der Waals surface area contributed by atoms with Crippen molar-refractivity contribution in [3.8, 4) is 0 Å². The van der Waals surface area contributed by atoms with E-state index in [2.05, 4.69) is 15.6 Å². The number of rotatable bonds is 4. The Balaban J connectivity index is 1.58. The summed E-state index contributed by atoms with van der Waals surface area (Å²) in [5, 5.41) is 17.7. The number of Topliss-reactive ketones (excluding diaryl/α,β-unsaturated/α-hetero) is 1. The van der Waals surface area contributed by atoms with E-state index < -0.39 is 17.1 Å². The van der Waals surface area contributed by atoms with Crippen molar-refractivity contribution in [1.82, 2.24) is 14.7 Å². The number of ketones is 1. The van der Waals surface area contributed by atoms with Crippen LogP contribution in [0.3, 0.4) is 0 Å². The molecule has 1 aliphatic heterocycles. The number of nitrogens with one attached hydrogen (secondary N) is 2. The van der Waals surface area contributed by atoms with Crippen LogP contribution in [0.15, 0.2) is 79.0 Å². The third-order valence-corrected chi connectivity index (χ3v) is 5.45. The second-order valence-corrected chi connectivity index (χ2v) is 7.44. The third-order valence-electron chi connectivity index (χ3n) is 5.45. The highest BCUT2D eigenvalue weighted by molar-refractivity contribution is 6.04. The number of fused-ring (bicyclic) bond motifs is 3. The summed E-state index contributed by atoms with van der Waals surface area (Å²) in [6, 6.07) is 21.2. The van der Waals surface area contributed by atoms with Gasteiger partial charge in [0.25, 0.3) is 5.69 Å². The Labute approximate surface area is 177 Å². The average molecular weight is 413 g/mol. The smallest absolute Gasteiger partial charge is 0.269 e. The van der Waals surface area contributed by atoms with Gasteiger partial charge in [0, 0.05) is 18.3 Å². The standard InChI is InChI=1S/C23H19N5O3/c29-21-18(14-15-6-2-1-3-7-15)24-22(16-9-11-17(12-10-16)28(30)31)26-23-20(21)27-13-5-4-8-19(27)25-23/h1-13,18,22,24,26H,14H2/t18-,22+/m0/s1. The molecule has 2 N–H and O–H groups in total. The molecular weight excluding hydrogens is 394 g/mol. The van der Waals surface area contributed by atoms with Crippen LogP contribution in [0.4, 0.5) is 11.5 Å². The number of nitro groups is 1. The first-order chi connectivity index (χ1) is 15.1. The summed E-state index contributed by atoms with van der Waals surface area (Å²) in [7, 11) is 0. The monoisotopic (exact) mass is 413 g/mol. The summed E-state index contributed by atoms with van der Waals surface area (Å²) >= 11 is 0. The molecule has 2 aromatic carbocycles. The van der Waals surface area contributed by atoms with Crippen LogP contribution < -0.4 is 10.6 Å². The Kier molecular flexibility index (Phi) is 4.68. The first-order valence-electron chi connectivity index (χ1n) is 9.92. The SMILES string of the molecule is O=C1c2c(nc3ccccn23)N[C@H](c2ccc([N+](=O)[O-])cc2)N[C@H]1Cc1ccccc1. The normalized spacial score (nSPS) is 18.3. The first kappa shape index (κ1) is 19.0. The van der Waals surface area contributed by atoms with Crippen molar-refractivity contribution in [2.75, 3.05) is 5.32 Å². The van der Waals surface area contributed by atoms with Crippen LogP contribution in [0.25, 0.3) is 5.65 Å². The fourth-order valence-electron chi connectivity index (χ4n) is 3.92. The van der Waals surface area contributed by atoms with E-state index in [0.29, 0.717) is 23.6 Å². The van der Waals surface area contributed by atoms with Gasteiger partial charge in [0.05, 0.1) is 11.0 Å². The lowest BCUT2D eigenvalue weighted by atomic mass is 10.00. The van der Waals surface area contributed by atoms with Crippen LogP contribution in [0.1, 0.15) is 27.8 Å². The molecule has 154 valence electrons. The van der Waals surface area contributed by atoms with Gasteiger partial charge >= 0.3 is 0 Å². The lowest BCUT2D eigenvalue weighted by Crippen LogP contribution is -2.41. The topological polar surface area (TPSA) is 102 Å². The number of nitro benzene ring substituents is 1. The maximum absolute atomic E-state index is 13.6. The van der Waals surface area contributed by atoms with E-state index in [1.807, 2.05) is 54.7 Å². The number of hydrogen-bond acceptors (Lipinski definition) is 6. The average Bonchev–Trinajstić information content (AvgIpc) is 3.10. The highest BCUT2D eigenvalue weighted by Crippen LogP contribution is 2.29. The van der Waals surface area contributed by atoms with Crippen LogP contribution in [0, 0.1) is 10.1 Å². The molecule has 0 fully saturated rings. The molecule has 0 radical (unpaired) electrons. The van der Waals surface area contributed by atoms with Gasteiger partial charge in [-0.2, -0.15) is 0 Å². The molecule has 0 saturated carbocycles. The molecule has 31 heavy (non-hydrogen) atoms. The zero-order valence-electron chi connectivity index (χ0n) is 16.4. The van der Waals surface area contributed by atoms with Gasteiger partial charge in [0.2, 0.25) is 5.78 Å². The Morgan fingerprint density at radius 1 is 1.00 bits per heavy atom. The highest BCUT2D eigenvalue weighted by atomic mass is 16.6. The molecule has 2 aromatic heterocycles. The van der Waals surface area contributed by atoms with Crippen molar-refractivity contribution < 1.29 is 9.72 Å². The highest BCUT2D eigenvalue weighted by Gasteiger charge is 2.33. The van der Waals surface area contributed by atoms with E-state index in [4.69, 9.17) is 0 Å². The molecule has 0 bridgehead atoms. The number of carbonyl (C=O) groups is 1. The summed E-state index contributed by atoms with van der Waals surface area (Å²) in [4.78, 5) is 28.8. The molecule has 8 heteroatoms. The van der Waals surface area contributed by atoms with Gasteiger partial charge in [-0.05, 0) is 41.8 Å². The van der Waals surface area contributed by atoms with Crippen LogP contribution in [0.2, 0.25) is 0 Å². The van der Waals surface area contributed by atoms with Crippen molar-refractivity contribution in [1.29, 1.82) is 0 Å². The minimum absolute atomic E-state index is 0.0164. The fourth-order valence-corrected chi connectivity index (χ4v) is 3.92. The molecule has 0 spiro atoms. The Hall–Kier alpha value is -4.04. The van der Waals surface area contributed by atoms with Crippen molar-refractivity contribution in [2.24, 2.45) is 0 Å². The molecule has 3 heterocycles. The molecule has 0 amide bonds. The van der Waals surface area contributed by atoms with E-state index in [1.165, 1.54) is 12.1 Å². The van der Waals surface area contributed by atoms with Gasteiger partial charge in [-0.1, -0.05) is 36.4 Å². The summed E-state index contributed by atoms with van der Waals surface area (Å²) in [5.74, 6) is 0.428. The number of non-ortho nitro benzene ring substituents is 1. The van der Waals surface area contributed by atoms with E-state index in [1.54, 1.807) is 16.5 Å². The van der Waals surface area contributed by atoms with E-state index in [0.717, 1.165) is 11.1 Å². The molecule has 4 aromatic rings. The summed E-state index contributed by atoms with van der Waals surface area (Å²) in [5.41, 5.74) is 3.00. The van der Waals surface area contributed by atoms with Crippen LogP contribution in [0.5, 0.6) is 0 Å².